The van der Waals surface area contributed by atoms with Crippen molar-refractivity contribution in [2.24, 2.45) is 0 Å². The number of nitrogens with one attached hydrogen (secondary N) is 1. The summed E-state index contributed by atoms with van der Waals surface area (Å²) in [6, 6.07) is 7.10. The lowest BCUT2D eigenvalue weighted by Crippen LogP contribution is -2.13. The zero-order valence-corrected chi connectivity index (χ0v) is 12.3. The highest BCUT2D eigenvalue weighted by Gasteiger charge is 2.11. The molecule has 1 amide bonds. The molecule has 0 bridgehead atoms. The molecule has 104 valence electrons. The summed E-state index contributed by atoms with van der Waals surface area (Å²) >= 11 is 3.31. The van der Waals surface area contributed by atoms with E-state index < -0.39 is 5.97 Å². The van der Waals surface area contributed by atoms with Crippen LogP contribution in [0.25, 0.3) is 0 Å². The minimum Gasteiger partial charge on any atom is -0.468 e. The lowest BCUT2D eigenvalue weighted by Gasteiger charge is -2.04. The van der Waals surface area contributed by atoms with Crippen molar-refractivity contribution in [3.05, 3.63) is 46.7 Å². The van der Waals surface area contributed by atoms with Gasteiger partial charge in [-0.15, -0.1) is 0 Å². The van der Waals surface area contributed by atoms with Gasteiger partial charge < -0.3 is 10.1 Å². The largest absolute Gasteiger partial charge is 0.468 e. The fourth-order valence-corrected chi connectivity index (χ4v) is 2.02. The maximum absolute atomic E-state index is 12.1. The number of carbonyl (C=O) groups excluding carboxylic acids is 2. The highest BCUT2D eigenvalue weighted by Crippen LogP contribution is 2.17. The number of methoxy groups -OCH3 is 1. The standard InChI is InChI=1S/C13H12BrN3O3/c1-20-12(18)8-17-7-9(6-15-17)16-13(19)10-4-2-3-5-11(10)14/h2-7H,8H2,1H3,(H,16,19). The van der Waals surface area contributed by atoms with Crippen LogP contribution in [0.4, 0.5) is 5.69 Å². The van der Waals surface area contributed by atoms with Crippen molar-refractivity contribution in [2.45, 2.75) is 6.54 Å². The first-order chi connectivity index (χ1) is 9.60. The Bertz CT molecular complexity index is 639. The highest BCUT2D eigenvalue weighted by atomic mass is 79.9. The minimum absolute atomic E-state index is 0.00139. The molecule has 0 spiro atoms. The van der Waals surface area contributed by atoms with Gasteiger partial charge in [-0.1, -0.05) is 12.1 Å². The number of hydrogen-bond donors (Lipinski definition) is 1. The summed E-state index contributed by atoms with van der Waals surface area (Å²) in [5, 5.41) is 6.67. The van der Waals surface area contributed by atoms with Crippen molar-refractivity contribution >= 4 is 33.5 Å². The van der Waals surface area contributed by atoms with Gasteiger partial charge in [0.15, 0.2) is 0 Å². The predicted octanol–water partition coefficient (Wildman–Crippen LogP) is 2.07. The second kappa shape index (κ2) is 6.33. The molecule has 20 heavy (non-hydrogen) atoms. The molecular formula is C13H12BrN3O3. The van der Waals surface area contributed by atoms with Crippen LogP contribution in [-0.4, -0.2) is 28.8 Å². The zero-order chi connectivity index (χ0) is 14.5. The number of nitrogens with zero attached hydrogens (tertiary/aromatic N) is 2. The van der Waals surface area contributed by atoms with Crippen LogP contribution in [0.3, 0.4) is 0 Å². The molecule has 1 aromatic heterocycles. The van der Waals surface area contributed by atoms with Crippen molar-refractivity contribution in [3.8, 4) is 0 Å². The number of aromatic nitrogens is 2. The van der Waals surface area contributed by atoms with Crippen LogP contribution in [0.2, 0.25) is 0 Å². The van der Waals surface area contributed by atoms with Crippen LogP contribution >= 0.6 is 15.9 Å². The van der Waals surface area contributed by atoms with E-state index in [1.165, 1.54) is 18.0 Å². The van der Waals surface area contributed by atoms with Gasteiger partial charge in [0.2, 0.25) is 0 Å². The summed E-state index contributed by atoms with van der Waals surface area (Å²) in [5.41, 5.74) is 1.03. The van der Waals surface area contributed by atoms with E-state index >= 15 is 0 Å². The quantitative estimate of drug-likeness (QED) is 0.867. The van der Waals surface area contributed by atoms with E-state index in [2.05, 4.69) is 31.1 Å². The molecule has 2 aromatic rings. The van der Waals surface area contributed by atoms with Crippen molar-refractivity contribution in [3.63, 3.8) is 0 Å². The molecule has 0 fully saturated rings. The fraction of sp³-hybridized carbons (Fsp3) is 0.154. The SMILES string of the molecule is COC(=O)Cn1cc(NC(=O)c2ccccc2Br)cn1. The van der Waals surface area contributed by atoms with Crippen molar-refractivity contribution in [1.29, 1.82) is 0 Å². The number of halogens is 1. The van der Waals surface area contributed by atoms with E-state index in [1.54, 1.807) is 24.4 Å². The number of amides is 1. The lowest BCUT2D eigenvalue weighted by atomic mass is 10.2. The van der Waals surface area contributed by atoms with E-state index in [0.717, 1.165) is 0 Å². The number of ether oxygens (including phenoxy) is 1. The Kier molecular flexibility index (Phi) is 4.52. The average Bonchev–Trinajstić information content (AvgIpc) is 2.86. The van der Waals surface area contributed by atoms with Gasteiger partial charge in [-0.25, -0.2) is 0 Å². The summed E-state index contributed by atoms with van der Waals surface area (Å²) in [7, 11) is 1.31. The van der Waals surface area contributed by atoms with Gasteiger partial charge in [0.1, 0.15) is 6.54 Å². The van der Waals surface area contributed by atoms with Gasteiger partial charge in [-0.05, 0) is 28.1 Å². The predicted molar refractivity (Wildman–Crippen MR) is 76.3 cm³/mol. The molecule has 0 radical (unpaired) electrons. The Balaban J connectivity index is 2.05. The first-order valence-electron chi connectivity index (χ1n) is 5.75. The van der Waals surface area contributed by atoms with E-state index in [9.17, 15) is 9.59 Å². The van der Waals surface area contributed by atoms with Crippen molar-refractivity contribution in [2.75, 3.05) is 12.4 Å². The van der Waals surface area contributed by atoms with Gasteiger partial charge >= 0.3 is 5.97 Å². The van der Waals surface area contributed by atoms with E-state index in [0.29, 0.717) is 15.7 Å². The third kappa shape index (κ3) is 3.45. The van der Waals surface area contributed by atoms with Crippen LogP contribution < -0.4 is 5.32 Å². The fourth-order valence-electron chi connectivity index (χ4n) is 1.56. The zero-order valence-electron chi connectivity index (χ0n) is 10.7. The molecule has 0 aliphatic carbocycles. The number of benzene rings is 1. The third-order valence-corrected chi connectivity index (χ3v) is 3.22. The lowest BCUT2D eigenvalue weighted by molar-refractivity contribution is -0.141. The smallest absolute Gasteiger partial charge is 0.327 e. The number of carbonyl (C=O) groups is 2. The molecule has 1 heterocycles. The van der Waals surface area contributed by atoms with Crippen molar-refractivity contribution < 1.29 is 14.3 Å². The second-order valence-corrected chi connectivity index (χ2v) is 4.79. The molecule has 2 rings (SSSR count). The van der Waals surface area contributed by atoms with Gasteiger partial charge in [0.25, 0.3) is 5.91 Å². The maximum atomic E-state index is 12.1. The molecule has 6 nitrogen and oxygen atoms in total. The van der Waals surface area contributed by atoms with Crippen molar-refractivity contribution in [1.82, 2.24) is 9.78 Å². The van der Waals surface area contributed by atoms with Crippen LogP contribution in [-0.2, 0) is 16.1 Å². The van der Waals surface area contributed by atoms with Crippen LogP contribution in [0.15, 0.2) is 41.1 Å². The molecule has 0 aliphatic rings. The molecule has 0 aliphatic heterocycles. The Morgan fingerprint density at radius 2 is 2.15 bits per heavy atom. The van der Waals surface area contributed by atoms with E-state index in [4.69, 9.17) is 0 Å². The number of hydrogen-bond acceptors (Lipinski definition) is 4. The number of rotatable bonds is 4. The highest BCUT2D eigenvalue weighted by molar-refractivity contribution is 9.10. The Morgan fingerprint density at radius 1 is 1.40 bits per heavy atom. The average molecular weight is 338 g/mol. The summed E-state index contributed by atoms with van der Waals surface area (Å²) < 4.78 is 6.63. The molecule has 1 N–H and O–H groups in total. The second-order valence-electron chi connectivity index (χ2n) is 3.94. The van der Waals surface area contributed by atoms with Crippen LogP contribution in [0.1, 0.15) is 10.4 Å². The van der Waals surface area contributed by atoms with Crippen LogP contribution in [0.5, 0.6) is 0 Å². The van der Waals surface area contributed by atoms with Crippen LogP contribution in [0, 0.1) is 0 Å². The summed E-state index contributed by atoms with van der Waals surface area (Å²) in [4.78, 5) is 23.2. The van der Waals surface area contributed by atoms with Gasteiger partial charge in [-0.3, -0.25) is 14.3 Å². The van der Waals surface area contributed by atoms with Gasteiger partial charge in [0.05, 0.1) is 24.6 Å². The molecule has 7 heteroatoms. The summed E-state index contributed by atoms with van der Waals surface area (Å²) in [5.74, 6) is -0.660. The monoisotopic (exact) mass is 337 g/mol. The minimum atomic E-state index is -0.406. The Morgan fingerprint density at radius 3 is 2.85 bits per heavy atom. The first-order valence-corrected chi connectivity index (χ1v) is 6.54. The summed E-state index contributed by atoms with van der Waals surface area (Å²) in [6.45, 7) is 0.00139. The normalized spacial score (nSPS) is 10.1. The molecule has 0 saturated carbocycles. The van der Waals surface area contributed by atoms with Gasteiger partial charge in [-0.2, -0.15) is 5.10 Å². The summed E-state index contributed by atoms with van der Waals surface area (Å²) in [6.07, 6.45) is 3.03. The Labute approximate surface area is 123 Å². The molecule has 1 aromatic carbocycles. The van der Waals surface area contributed by atoms with E-state index in [-0.39, 0.29) is 12.5 Å². The first kappa shape index (κ1) is 14.3. The maximum Gasteiger partial charge on any atom is 0.327 e. The molecule has 0 atom stereocenters. The van der Waals surface area contributed by atoms with Gasteiger partial charge in [0, 0.05) is 10.7 Å². The molecule has 0 unspecified atom stereocenters. The topological polar surface area (TPSA) is 73.2 Å². The number of esters is 1. The third-order valence-electron chi connectivity index (χ3n) is 2.53. The number of anilines is 1. The molecule has 0 saturated heterocycles. The molecular weight excluding hydrogens is 326 g/mol. The van der Waals surface area contributed by atoms with E-state index in [1.807, 2.05) is 6.07 Å². The Hall–Kier alpha value is -2.15.